The van der Waals surface area contributed by atoms with Crippen molar-refractivity contribution < 1.29 is 0 Å². The van der Waals surface area contributed by atoms with E-state index in [0.717, 1.165) is 25.8 Å². The number of benzene rings is 1. The predicted molar refractivity (Wildman–Crippen MR) is 76.5 cm³/mol. The second-order valence-electron chi connectivity index (χ2n) is 4.65. The lowest BCUT2D eigenvalue weighted by atomic mass is 9.95. The Morgan fingerprint density at radius 2 is 1.71 bits per heavy atom. The molecule has 1 atom stereocenters. The standard InChI is InChI=1S/C16H27N/c1-5-11-17-16(8-4)15-10-9-13(6-2)14(7-3)12-15/h9-10,12,16-17H,5-8,11H2,1-4H3. The van der Waals surface area contributed by atoms with Crippen LogP contribution in [0.3, 0.4) is 0 Å². The first-order valence-electron chi connectivity index (χ1n) is 7.11. The van der Waals surface area contributed by atoms with E-state index in [-0.39, 0.29) is 0 Å². The molecular formula is C16H27N. The lowest BCUT2D eigenvalue weighted by Crippen LogP contribution is -2.21. The maximum Gasteiger partial charge on any atom is 0.0317 e. The van der Waals surface area contributed by atoms with Crippen molar-refractivity contribution in [1.82, 2.24) is 5.32 Å². The molecule has 0 saturated heterocycles. The molecule has 0 fully saturated rings. The van der Waals surface area contributed by atoms with Crippen LogP contribution in [0, 0.1) is 0 Å². The van der Waals surface area contributed by atoms with E-state index in [4.69, 9.17) is 0 Å². The van der Waals surface area contributed by atoms with Gasteiger partial charge in [0.15, 0.2) is 0 Å². The summed E-state index contributed by atoms with van der Waals surface area (Å²) < 4.78 is 0. The highest BCUT2D eigenvalue weighted by molar-refractivity contribution is 5.33. The van der Waals surface area contributed by atoms with Gasteiger partial charge >= 0.3 is 0 Å². The molecule has 1 rings (SSSR count). The van der Waals surface area contributed by atoms with Crippen LogP contribution < -0.4 is 5.32 Å². The Morgan fingerprint density at radius 3 is 2.24 bits per heavy atom. The van der Waals surface area contributed by atoms with Gasteiger partial charge in [-0.25, -0.2) is 0 Å². The maximum absolute atomic E-state index is 3.62. The monoisotopic (exact) mass is 233 g/mol. The zero-order chi connectivity index (χ0) is 12.7. The van der Waals surface area contributed by atoms with E-state index < -0.39 is 0 Å². The van der Waals surface area contributed by atoms with Crippen LogP contribution in [0.25, 0.3) is 0 Å². The van der Waals surface area contributed by atoms with Crippen molar-refractivity contribution in [3.8, 4) is 0 Å². The highest BCUT2D eigenvalue weighted by Crippen LogP contribution is 2.21. The average molecular weight is 233 g/mol. The molecule has 96 valence electrons. The van der Waals surface area contributed by atoms with E-state index in [1.165, 1.54) is 23.1 Å². The molecule has 1 heteroatoms. The Morgan fingerprint density at radius 1 is 1.00 bits per heavy atom. The number of rotatable bonds is 7. The molecule has 0 aliphatic heterocycles. The molecule has 1 N–H and O–H groups in total. The highest BCUT2D eigenvalue weighted by atomic mass is 14.9. The normalized spacial score (nSPS) is 12.7. The Balaban J connectivity index is 2.88. The molecule has 1 aromatic carbocycles. The first-order chi connectivity index (χ1) is 8.26. The molecule has 0 radical (unpaired) electrons. The molecule has 0 heterocycles. The quantitative estimate of drug-likeness (QED) is 0.742. The van der Waals surface area contributed by atoms with Crippen LogP contribution in [0.4, 0.5) is 0 Å². The fourth-order valence-electron chi connectivity index (χ4n) is 2.35. The second kappa shape index (κ2) is 7.50. The molecule has 0 aromatic heterocycles. The molecule has 0 bridgehead atoms. The number of hydrogen-bond acceptors (Lipinski definition) is 1. The third-order valence-electron chi connectivity index (χ3n) is 3.44. The molecule has 1 unspecified atom stereocenters. The van der Waals surface area contributed by atoms with Crippen molar-refractivity contribution >= 4 is 0 Å². The summed E-state index contributed by atoms with van der Waals surface area (Å²) in [6.45, 7) is 10.1. The summed E-state index contributed by atoms with van der Waals surface area (Å²) in [6, 6.07) is 7.53. The van der Waals surface area contributed by atoms with Gasteiger partial charge in [0, 0.05) is 6.04 Å². The van der Waals surface area contributed by atoms with Crippen molar-refractivity contribution in [2.24, 2.45) is 0 Å². The molecule has 17 heavy (non-hydrogen) atoms. The average Bonchev–Trinajstić information content (AvgIpc) is 2.39. The smallest absolute Gasteiger partial charge is 0.0317 e. The van der Waals surface area contributed by atoms with Crippen molar-refractivity contribution in [3.05, 3.63) is 34.9 Å². The topological polar surface area (TPSA) is 12.0 Å². The van der Waals surface area contributed by atoms with Gasteiger partial charge in [-0.15, -0.1) is 0 Å². The predicted octanol–water partition coefficient (Wildman–Crippen LogP) is 4.26. The minimum absolute atomic E-state index is 0.520. The summed E-state index contributed by atoms with van der Waals surface area (Å²) >= 11 is 0. The summed E-state index contributed by atoms with van der Waals surface area (Å²) in [7, 11) is 0. The van der Waals surface area contributed by atoms with Gasteiger partial charge in [0.25, 0.3) is 0 Å². The molecule has 0 aliphatic carbocycles. The number of hydrogen-bond donors (Lipinski definition) is 1. The minimum atomic E-state index is 0.520. The van der Waals surface area contributed by atoms with Crippen molar-refractivity contribution in [2.45, 2.75) is 59.4 Å². The van der Waals surface area contributed by atoms with E-state index in [1.807, 2.05) is 0 Å². The van der Waals surface area contributed by atoms with Gasteiger partial charge in [-0.05, 0) is 48.9 Å². The molecule has 0 amide bonds. The van der Waals surface area contributed by atoms with Gasteiger partial charge in [-0.3, -0.25) is 0 Å². The van der Waals surface area contributed by atoms with Crippen molar-refractivity contribution in [1.29, 1.82) is 0 Å². The largest absolute Gasteiger partial charge is 0.310 e. The van der Waals surface area contributed by atoms with E-state index >= 15 is 0 Å². The summed E-state index contributed by atoms with van der Waals surface area (Å²) in [5, 5.41) is 3.62. The summed E-state index contributed by atoms with van der Waals surface area (Å²) in [5.41, 5.74) is 4.47. The molecule has 0 spiro atoms. The van der Waals surface area contributed by atoms with Crippen LogP contribution in [0.15, 0.2) is 18.2 Å². The lowest BCUT2D eigenvalue weighted by molar-refractivity contribution is 0.518. The van der Waals surface area contributed by atoms with Crippen LogP contribution in [0.1, 0.15) is 63.3 Å². The Bertz CT molecular complexity index is 330. The van der Waals surface area contributed by atoms with Crippen LogP contribution in [-0.2, 0) is 12.8 Å². The van der Waals surface area contributed by atoms with Gasteiger partial charge in [-0.1, -0.05) is 45.9 Å². The van der Waals surface area contributed by atoms with Crippen LogP contribution in [0.2, 0.25) is 0 Å². The molecule has 1 aromatic rings. The van der Waals surface area contributed by atoms with Gasteiger partial charge in [0.05, 0.1) is 0 Å². The van der Waals surface area contributed by atoms with Gasteiger partial charge in [0.2, 0.25) is 0 Å². The summed E-state index contributed by atoms with van der Waals surface area (Å²) in [6.07, 6.45) is 4.64. The highest BCUT2D eigenvalue weighted by Gasteiger charge is 2.09. The number of aryl methyl sites for hydroxylation is 2. The molecular weight excluding hydrogens is 206 g/mol. The van der Waals surface area contributed by atoms with Crippen LogP contribution in [-0.4, -0.2) is 6.54 Å². The summed E-state index contributed by atoms with van der Waals surface area (Å²) in [5.74, 6) is 0. The van der Waals surface area contributed by atoms with Crippen LogP contribution >= 0.6 is 0 Å². The van der Waals surface area contributed by atoms with E-state index in [1.54, 1.807) is 0 Å². The van der Waals surface area contributed by atoms with Crippen molar-refractivity contribution in [2.75, 3.05) is 6.54 Å². The minimum Gasteiger partial charge on any atom is -0.310 e. The first kappa shape index (κ1) is 14.2. The first-order valence-corrected chi connectivity index (χ1v) is 7.11. The Hall–Kier alpha value is -0.820. The van der Waals surface area contributed by atoms with Crippen molar-refractivity contribution in [3.63, 3.8) is 0 Å². The van der Waals surface area contributed by atoms with E-state index in [0.29, 0.717) is 6.04 Å². The third-order valence-corrected chi connectivity index (χ3v) is 3.44. The Kier molecular flexibility index (Phi) is 6.28. The SMILES string of the molecule is CCCNC(CC)c1ccc(CC)c(CC)c1. The van der Waals surface area contributed by atoms with E-state index in [9.17, 15) is 0 Å². The van der Waals surface area contributed by atoms with E-state index in [2.05, 4.69) is 51.2 Å². The summed E-state index contributed by atoms with van der Waals surface area (Å²) in [4.78, 5) is 0. The molecule has 0 aliphatic rings. The Labute approximate surface area is 107 Å². The fourth-order valence-corrected chi connectivity index (χ4v) is 2.35. The number of nitrogens with one attached hydrogen (secondary N) is 1. The van der Waals surface area contributed by atoms with Gasteiger partial charge in [0.1, 0.15) is 0 Å². The van der Waals surface area contributed by atoms with Crippen LogP contribution in [0.5, 0.6) is 0 Å². The second-order valence-corrected chi connectivity index (χ2v) is 4.65. The van der Waals surface area contributed by atoms with Gasteiger partial charge < -0.3 is 5.32 Å². The molecule has 1 nitrogen and oxygen atoms in total. The zero-order valence-corrected chi connectivity index (χ0v) is 11.8. The molecule has 0 saturated carbocycles. The third kappa shape index (κ3) is 3.85. The van der Waals surface area contributed by atoms with Gasteiger partial charge in [-0.2, -0.15) is 0 Å². The zero-order valence-electron chi connectivity index (χ0n) is 11.8. The lowest BCUT2D eigenvalue weighted by Gasteiger charge is -2.19. The maximum atomic E-state index is 3.62. The fraction of sp³-hybridized carbons (Fsp3) is 0.625.